The smallest absolute Gasteiger partial charge is 0.216 e. The molecule has 1 aliphatic heterocycles. The number of rotatable bonds is 7. The van der Waals surface area contributed by atoms with E-state index in [2.05, 4.69) is 47.1 Å². The number of aryl methyl sites for hydroxylation is 1. The number of morpholine rings is 1. The standard InChI is InChI=1S/C19H27N3O2S2/c1-13(2)19-20-14(3)9-17(21-19)24-12-15-10-22(7-8-23-15)11-16-5-6-18(25-4)26-16/h5-6,9,13,15H,7-8,10-12H2,1-4H3. The van der Waals surface area contributed by atoms with E-state index < -0.39 is 0 Å². The number of ether oxygens (including phenoxy) is 2. The maximum atomic E-state index is 5.93. The molecule has 2 aromatic rings. The van der Waals surface area contributed by atoms with Gasteiger partial charge in [-0.05, 0) is 25.3 Å². The van der Waals surface area contributed by atoms with Crippen LogP contribution in [0.15, 0.2) is 22.4 Å². The molecular formula is C19H27N3O2S2. The molecule has 3 rings (SSSR count). The third-order valence-corrected chi connectivity index (χ3v) is 6.38. The van der Waals surface area contributed by atoms with Crippen LogP contribution in [-0.2, 0) is 11.3 Å². The average molecular weight is 394 g/mol. The second kappa shape index (κ2) is 9.17. The first-order chi connectivity index (χ1) is 12.5. The molecule has 1 saturated heterocycles. The topological polar surface area (TPSA) is 47.5 Å². The van der Waals surface area contributed by atoms with Gasteiger partial charge in [-0.15, -0.1) is 23.1 Å². The Morgan fingerprint density at radius 2 is 2.23 bits per heavy atom. The van der Waals surface area contributed by atoms with Crippen LogP contribution in [0.4, 0.5) is 0 Å². The van der Waals surface area contributed by atoms with E-state index in [0.717, 1.165) is 37.8 Å². The minimum Gasteiger partial charge on any atom is -0.475 e. The van der Waals surface area contributed by atoms with Crippen molar-refractivity contribution < 1.29 is 9.47 Å². The quantitative estimate of drug-likeness (QED) is 0.663. The van der Waals surface area contributed by atoms with Crippen LogP contribution in [0.2, 0.25) is 0 Å². The van der Waals surface area contributed by atoms with Crippen LogP contribution in [0.1, 0.15) is 36.2 Å². The first-order valence-corrected chi connectivity index (χ1v) is 11.0. The molecule has 3 heterocycles. The Hall–Kier alpha value is -1.15. The van der Waals surface area contributed by atoms with Crippen molar-refractivity contribution in [2.24, 2.45) is 0 Å². The molecule has 0 bridgehead atoms. The molecule has 5 nitrogen and oxygen atoms in total. The summed E-state index contributed by atoms with van der Waals surface area (Å²) < 4.78 is 13.2. The van der Waals surface area contributed by atoms with Crippen molar-refractivity contribution >= 4 is 23.1 Å². The maximum absolute atomic E-state index is 5.93. The molecule has 0 aliphatic carbocycles. The lowest BCUT2D eigenvalue weighted by atomic mass is 10.2. The highest BCUT2D eigenvalue weighted by Gasteiger charge is 2.22. The molecule has 0 aromatic carbocycles. The van der Waals surface area contributed by atoms with E-state index in [1.165, 1.54) is 9.09 Å². The van der Waals surface area contributed by atoms with Gasteiger partial charge < -0.3 is 9.47 Å². The molecule has 0 saturated carbocycles. The Morgan fingerprint density at radius 3 is 2.96 bits per heavy atom. The van der Waals surface area contributed by atoms with Gasteiger partial charge in [0.2, 0.25) is 5.88 Å². The molecule has 1 atom stereocenters. The number of thiophene rings is 1. The highest BCUT2D eigenvalue weighted by atomic mass is 32.2. The summed E-state index contributed by atoms with van der Waals surface area (Å²) in [6.07, 6.45) is 2.19. The van der Waals surface area contributed by atoms with E-state index in [0.29, 0.717) is 12.5 Å². The maximum Gasteiger partial charge on any atom is 0.216 e. The summed E-state index contributed by atoms with van der Waals surface area (Å²) in [6.45, 7) is 10.3. The molecule has 26 heavy (non-hydrogen) atoms. The van der Waals surface area contributed by atoms with Crippen molar-refractivity contribution in [3.63, 3.8) is 0 Å². The van der Waals surface area contributed by atoms with Crippen molar-refractivity contribution in [1.82, 2.24) is 14.9 Å². The lowest BCUT2D eigenvalue weighted by molar-refractivity contribution is -0.0508. The molecule has 0 amide bonds. The Labute approximate surface area is 164 Å². The molecule has 1 aliphatic rings. The molecule has 142 valence electrons. The lowest BCUT2D eigenvalue weighted by Crippen LogP contribution is -2.44. The van der Waals surface area contributed by atoms with Crippen LogP contribution >= 0.6 is 23.1 Å². The van der Waals surface area contributed by atoms with Crippen LogP contribution in [-0.4, -0.2) is 53.5 Å². The molecule has 7 heteroatoms. The summed E-state index contributed by atoms with van der Waals surface area (Å²) in [5.41, 5.74) is 0.937. The molecule has 0 spiro atoms. The van der Waals surface area contributed by atoms with Gasteiger partial charge in [0.05, 0.1) is 10.8 Å². The van der Waals surface area contributed by atoms with Gasteiger partial charge in [-0.25, -0.2) is 4.98 Å². The van der Waals surface area contributed by atoms with Gasteiger partial charge in [0.15, 0.2) is 0 Å². The van der Waals surface area contributed by atoms with Crippen LogP contribution in [0.5, 0.6) is 5.88 Å². The van der Waals surface area contributed by atoms with Gasteiger partial charge in [-0.1, -0.05) is 13.8 Å². The van der Waals surface area contributed by atoms with Gasteiger partial charge in [-0.2, -0.15) is 4.98 Å². The number of nitrogens with zero attached hydrogens (tertiary/aromatic N) is 3. The third kappa shape index (κ3) is 5.42. The van der Waals surface area contributed by atoms with E-state index in [-0.39, 0.29) is 12.0 Å². The van der Waals surface area contributed by atoms with Crippen molar-refractivity contribution in [2.45, 2.75) is 43.5 Å². The van der Waals surface area contributed by atoms with Crippen LogP contribution in [0, 0.1) is 6.92 Å². The number of aromatic nitrogens is 2. The van der Waals surface area contributed by atoms with E-state index in [1.54, 1.807) is 11.8 Å². The Morgan fingerprint density at radius 1 is 1.38 bits per heavy atom. The number of hydrogen-bond acceptors (Lipinski definition) is 7. The van der Waals surface area contributed by atoms with E-state index >= 15 is 0 Å². The summed E-state index contributed by atoms with van der Waals surface area (Å²) in [7, 11) is 0. The van der Waals surface area contributed by atoms with Crippen LogP contribution < -0.4 is 4.74 Å². The molecule has 1 fully saturated rings. The normalized spacial score (nSPS) is 18.4. The zero-order valence-corrected chi connectivity index (χ0v) is 17.5. The van der Waals surface area contributed by atoms with E-state index in [1.807, 2.05) is 24.3 Å². The zero-order valence-electron chi connectivity index (χ0n) is 15.9. The monoisotopic (exact) mass is 393 g/mol. The van der Waals surface area contributed by atoms with E-state index in [9.17, 15) is 0 Å². The predicted molar refractivity (Wildman–Crippen MR) is 107 cm³/mol. The average Bonchev–Trinajstić information content (AvgIpc) is 3.07. The first-order valence-electron chi connectivity index (χ1n) is 8.98. The molecule has 2 aromatic heterocycles. The summed E-state index contributed by atoms with van der Waals surface area (Å²) in [4.78, 5) is 12.8. The highest BCUT2D eigenvalue weighted by molar-refractivity contribution is 8.00. The molecular weight excluding hydrogens is 366 g/mol. The fourth-order valence-electron chi connectivity index (χ4n) is 2.87. The fraction of sp³-hybridized carbons (Fsp3) is 0.579. The van der Waals surface area contributed by atoms with Crippen molar-refractivity contribution in [1.29, 1.82) is 0 Å². The summed E-state index contributed by atoms with van der Waals surface area (Å²) in [5, 5.41) is 0. The Kier molecular flexibility index (Phi) is 6.92. The molecule has 0 N–H and O–H groups in total. The van der Waals surface area contributed by atoms with Crippen molar-refractivity contribution in [3.8, 4) is 5.88 Å². The van der Waals surface area contributed by atoms with Crippen molar-refractivity contribution in [3.05, 3.63) is 34.6 Å². The summed E-state index contributed by atoms with van der Waals surface area (Å²) in [6, 6.07) is 6.33. The summed E-state index contributed by atoms with van der Waals surface area (Å²) in [5.74, 6) is 1.76. The van der Waals surface area contributed by atoms with Crippen LogP contribution in [0.25, 0.3) is 0 Å². The number of hydrogen-bond donors (Lipinski definition) is 0. The second-order valence-electron chi connectivity index (χ2n) is 6.82. The largest absolute Gasteiger partial charge is 0.475 e. The van der Waals surface area contributed by atoms with Gasteiger partial charge in [0.25, 0.3) is 0 Å². The zero-order chi connectivity index (χ0) is 18.5. The number of thioether (sulfide) groups is 1. The second-order valence-corrected chi connectivity index (χ2v) is 9.10. The van der Waals surface area contributed by atoms with Gasteiger partial charge in [0, 0.05) is 42.2 Å². The summed E-state index contributed by atoms with van der Waals surface area (Å²) >= 11 is 3.68. The fourth-order valence-corrected chi connectivity index (χ4v) is 4.51. The first kappa shape index (κ1) is 19.6. The molecule has 0 radical (unpaired) electrons. The Bertz CT molecular complexity index is 721. The van der Waals surface area contributed by atoms with Gasteiger partial charge in [0.1, 0.15) is 18.5 Å². The lowest BCUT2D eigenvalue weighted by Gasteiger charge is -2.32. The van der Waals surface area contributed by atoms with Crippen LogP contribution in [0.3, 0.4) is 0 Å². The predicted octanol–water partition coefficient (Wildman–Crippen LogP) is 3.97. The van der Waals surface area contributed by atoms with Gasteiger partial charge >= 0.3 is 0 Å². The van der Waals surface area contributed by atoms with Crippen molar-refractivity contribution in [2.75, 3.05) is 32.6 Å². The third-order valence-electron chi connectivity index (χ3n) is 4.22. The molecule has 1 unspecified atom stereocenters. The van der Waals surface area contributed by atoms with E-state index in [4.69, 9.17) is 9.47 Å². The van der Waals surface area contributed by atoms with Gasteiger partial charge in [-0.3, -0.25) is 4.90 Å². The minimum atomic E-state index is 0.0708. The highest BCUT2D eigenvalue weighted by Crippen LogP contribution is 2.26. The Balaban J connectivity index is 1.53. The SMILES string of the molecule is CSc1ccc(CN2CCOC(COc3cc(C)nc(C(C)C)n3)C2)s1. The minimum absolute atomic E-state index is 0.0708.